The molecule has 3 N–H and O–H groups in total. The van der Waals surface area contributed by atoms with Crippen molar-refractivity contribution in [3.05, 3.63) is 17.3 Å². The van der Waals surface area contributed by atoms with Crippen LogP contribution in [0.15, 0.2) is 4.42 Å². The zero-order valence-corrected chi connectivity index (χ0v) is 15.6. The van der Waals surface area contributed by atoms with Gasteiger partial charge in [0.2, 0.25) is 11.8 Å². The van der Waals surface area contributed by atoms with Gasteiger partial charge >= 0.3 is 0 Å². The van der Waals surface area contributed by atoms with Crippen LogP contribution >= 0.6 is 24.8 Å². The molecule has 0 radical (unpaired) electrons. The molecule has 0 aliphatic carbocycles. The molecule has 0 bridgehead atoms. The van der Waals surface area contributed by atoms with Crippen molar-refractivity contribution in [2.45, 2.75) is 46.2 Å². The third-order valence-corrected chi connectivity index (χ3v) is 4.12. The average molecular weight is 367 g/mol. The lowest BCUT2D eigenvalue weighted by Crippen LogP contribution is -2.43. The number of halogens is 2. The molecule has 1 aromatic heterocycles. The van der Waals surface area contributed by atoms with Crippen molar-refractivity contribution in [3.63, 3.8) is 0 Å². The highest BCUT2D eigenvalue weighted by Gasteiger charge is 2.21. The molecule has 1 aliphatic rings. The van der Waals surface area contributed by atoms with Gasteiger partial charge in [-0.1, -0.05) is 0 Å². The fourth-order valence-electron chi connectivity index (χ4n) is 2.55. The minimum Gasteiger partial charge on any atom is -0.444 e. The number of likely N-dealkylation sites (tertiary alicyclic amines) is 1. The molecule has 1 saturated heterocycles. The van der Waals surface area contributed by atoms with Gasteiger partial charge in [-0.2, -0.15) is 0 Å². The number of nitrogens with two attached hydrogens (primary N) is 1. The van der Waals surface area contributed by atoms with Gasteiger partial charge < -0.3 is 15.5 Å². The molecule has 1 fully saturated rings. The lowest BCUT2D eigenvalue weighted by Gasteiger charge is -2.31. The third-order valence-electron chi connectivity index (χ3n) is 4.12. The lowest BCUT2D eigenvalue weighted by molar-refractivity contribution is -0.122. The molecular weight excluding hydrogens is 339 g/mol. The number of nitrogens with zero attached hydrogens (tertiary/aromatic N) is 2. The first-order valence-electron chi connectivity index (χ1n) is 7.64. The second kappa shape index (κ2) is 10.1. The Bertz CT molecular complexity index is 466. The van der Waals surface area contributed by atoms with E-state index in [1.807, 2.05) is 13.8 Å². The Labute approximate surface area is 150 Å². The van der Waals surface area contributed by atoms with E-state index in [1.165, 1.54) is 0 Å². The van der Waals surface area contributed by atoms with E-state index in [2.05, 4.69) is 15.2 Å². The number of nitrogens with one attached hydrogen (secondary N) is 1. The Kier molecular flexibility index (Phi) is 9.77. The van der Waals surface area contributed by atoms with Crippen LogP contribution in [0.4, 0.5) is 0 Å². The van der Waals surface area contributed by atoms with Crippen molar-refractivity contribution in [3.8, 4) is 0 Å². The van der Waals surface area contributed by atoms with Crippen LogP contribution in [0.1, 0.15) is 37.1 Å². The number of rotatable bonds is 5. The average Bonchev–Trinajstić information content (AvgIpc) is 2.76. The van der Waals surface area contributed by atoms with Crippen molar-refractivity contribution >= 4 is 30.7 Å². The summed E-state index contributed by atoms with van der Waals surface area (Å²) in [5.41, 5.74) is 6.51. The smallest absolute Gasteiger partial charge is 0.236 e. The standard InChI is InChI=1S/C15H26N4O2.2ClH/c1-10(16)15(20)17-8-13-4-6-19(7-5-13)9-14-18-11(2)12(3)21-14;;/h10,13H,4-9,16H2,1-3H3,(H,17,20);2*1H/t10-;;/m1../s1. The third kappa shape index (κ3) is 6.67. The molecule has 23 heavy (non-hydrogen) atoms. The van der Waals surface area contributed by atoms with E-state index in [0.29, 0.717) is 5.92 Å². The molecule has 1 amide bonds. The maximum atomic E-state index is 11.5. The number of aryl methyl sites for hydroxylation is 2. The number of carbonyl (C=O) groups is 1. The van der Waals surface area contributed by atoms with E-state index in [4.69, 9.17) is 10.2 Å². The van der Waals surface area contributed by atoms with E-state index in [-0.39, 0.29) is 30.7 Å². The summed E-state index contributed by atoms with van der Waals surface area (Å²) < 4.78 is 5.63. The molecule has 0 aromatic carbocycles. The highest BCUT2D eigenvalue weighted by atomic mass is 35.5. The van der Waals surface area contributed by atoms with Gasteiger partial charge in [0.15, 0.2) is 0 Å². The first kappa shape index (κ1) is 22.2. The minimum atomic E-state index is -0.429. The highest BCUT2D eigenvalue weighted by Crippen LogP contribution is 2.19. The van der Waals surface area contributed by atoms with Crippen LogP contribution in [0.3, 0.4) is 0 Å². The summed E-state index contributed by atoms with van der Waals surface area (Å²) in [6, 6.07) is -0.429. The summed E-state index contributed by atoms with van der Waals surface area (Å²) in [7, 11) is 0. The number of piperidine rings is 1. The molecule has 1 aliphatic heterocycles. The molecule has 0 unspecified atom stereocenters. The molecule has 134 valence electrons. The van der Waals surface area contributed by atoms with E-state index in [0.717, 1.165) is 56.4 Å². The quantitative estimate of drug-likeness (QED) is 0.829. The number of hydrogen-bond acceptors (Lipinski definition) is 5. The fraction of sp³-hybridized carbons (Fsp3) is 0.733. The maximum Gasteiger partial charge on any atom is 0.236 e. The SMILES string of the molecule is Cc1nc(CN2CCC(CNC(=O)[C@@H](C)N)CC2)oc1C.Cl.Cl. The van der Waals surface area contributed by atoms with Crippen molar-refractivity contribution in [2.75, 3.05) is 19.6 Å². The Balaban J connectivity index is 0.00000242. The molecule has 2 heterocycles. The summed E-state index contributed by atoms with van der Waals surface area (Å²) in [5, 5.41) is 2.91. The number of carbonyl (C=O) groups excluding carboxylic acids is 1. The second-order valence-electron chi connectivity index (χ2n) is 6.00. The minimum absolute atomic E-state index is 0. The van der Waals surface area contributed by atoms with E-state index >= 15 is 0 Å². The topological polar surface area (TPSA) is 84.4 Å². The Morgan fingerprint density at radius 1 is 1.39 bits per heavy atom. The Hall–Kier alpha value is -0.820. The second-order valence-corrected chi connectivity index (χ2v) is 6.00. The van der Waals surface area contributed by atoms with Gasteiger partial charge in [0.05, 0.1) is 18.3 Å². The Morgan fingerprint density at radius 2 is 2.00 bits per heavy atom. The number of aromatic nitrogens is 1. The number of hydrogen-bond donors (Lipinski definition) is 2. The van der Waals surface area contributed by atoms with Crippen LogP contribution in [0.5, 0.6) is 0 Å². The largest absolute Gasteiger partial charge is 0.444 e. The summed E-state index contributed by atoms with van der Waals surface area (Å²) in [6.45, 7) is 9.14. The van der Waals surface area contributed by atoms with Crippen molar-refractivity contribution in [1.82, 2.24) is 15.2 Å². The van der Waals surface area contributed by atoms with Gasteiger partial charge in [0.25, 0.3) is 0 Å². The first-order valence-corrected chi connectivity index (χ1v) is 7.64. The van der Waals surface area contributed by atoms with E-state index < -0.39 is 6.04 Å². The van der Waals surface area contributed by atoms with Crippen LogP contribution < -0.4 is 11.1 Å². The van der Waals surface area contributed by atoms with E-state index in [1.54, 1.807) is 6.92 Å². The molecule has 0 saturated carbocycles. The first-order chi connectivity index (χ1) is 9.95. The molecule has 0 spiro atoms. The van der Waals surface area contributed by atoms with Gasteiger partial charge in [-0.15, -0.1) is 24.8 Å². The maximum absolute atomic E-state index is 11.5. The van der Waals surface area contributed by atoms with Crippen LogP contribution in [-0.4, -0.2) is 41.5 Å². The van der Waals surface area contributed by atoms with Crippen LogP contribution in [0.25, 0.3) is 0 Å². The normalized spacial score (nSPS) is 17.0. The predicted molar refractivity (Wildman–Crippen MR) is 95.1 cm³/mol. The highest BCUT2D eigenvalue weighted by molar-refractivity contribution is 5.85. The van der Waals surface area contributed by atoms with E-state index in [9.17, 15) is 4.79 Å². The molecule has 6 nitrogen and oxygen atoms in total. The summed E-state index contributed by atoms with van der Waals surface area (Å²) >= 11 is 0. The molecule has 8 heteroatoms. The molecule has 2 rings (SSSR count). The molecule has 1 aromatic rings. The summed E-state index contributed by atoms with van der Waals surface area (Å²) in [6.07, 6.45) is 2.16. The van der Waals surface area contributed by atoms with Crippen LogP contribution in [0, 0.1) is 19.8 Å². The summed E-state index contributed by atoms with van der Waals surface area (Å²) in [4.78, 5) is 18.2. The van der Waals surface area contributed by atoms with Crippen molar-refractivity contribution < 1.29 is 9.21 Å². The van der Waals surface area contributed by atoms with Gasteiger partial charge in [-0.3, -0.25) is 9.69 Å². The zero-order valence-electron chi connectivity index (χ0n) is 14.0. The van der Waals surface area contributed by atoms with Crippen molar-refractivity contribution in [1.29, 1.82) is 0 Å². The van der Waals surface area contributed by atoms with Gasteiger partial charge in [-0.05, 0) is 52.6 Å². The monoisotopic (exact) mass is 366 g/mol. The number of oxazole rings is 1. The van der Waals surface area contributed by atoms with Crippen LogP contribution in [0.2, 0.25) is 0 Å². The fourth-order valence-corrected chi connectivity index (χ4v) is 2.55. The lowest BCUT2D eigenvalue weighted by atomic mass is 9.96. The molecule has 1 atom stereocenters. The summed E-state index contributed by atoms with van der Waals surface area (Å²) in [5.74, 6) is 2.17. The number of amides is 1. The van der Waals surface area contributed by atoms with Crippen molar-refractivity contribution in [2.24, 2.45) is 11.7 Å². The van der Waals surface area contributed by atoms with Gasteiger partial charge in [0, 0.05) is 6.54 Å². The Morgan fingerprint density at radius 3 is 2.48 bits per heavy atom. The van der Waals surface area contributed by atoms with Crippen LogP contribution in [-0.2, 0) is 11.3 Å². The predicted octanol–water partition coefficient (Wildman–Crippen LogP) is 1.81. The zero-order chi connectivity index (χ0) is 15.4. The van der Waals surface area contributed by atoms with Gasteiger partial charge in [-0.25, -0.2) is 4.98 Å². The molecular formula is C15H28Cl2N4O2. The van der Waals surface area contributed by atoms with Gasteiger partial charge in [0.1, 0.15) is 5.76 Å².